The maximum absolute atomic E-state index is 13.3. The van der Waals surface area contributed by atoms with Crippen LogP contribution in [0.4, 0.5) is 0 Å². The molecule has 0 saturated carbocycles. The molecule has 36 heavy (non-hydrogen) atoms. The highest BCUT2D eigenvalue weighted by molar-refractivity contribution is 7.99. The fourth-order valence-electron chi connectivity index (χ4n) is 3.71. The molecule has 0 spiro atoms. The highest BCUT2D eigenvalue weighted by Gasteiger charge is 2.18. The van der Waals surface area contributed by atoms with E-state index in [2.05, 4.69) is 32.2 Å². The second-order valence-electron chi connectivity index (χ2n) is 7.72. The topological polar surface area (TPSA) is 108 Å². The van der Waals surface area contributed by atoms with Crippen LogP contribution in [0.15, 0.2) is 102 Å². The van der Waals surface area contributed by atoms with Gasteiger partial charge in [0.05, 0.1) is 16.7 Å². The Kier molecular flexibility index (Phi) is 6.67. The zero-order chi connectivity index (χ0) is 24.9. The van der Waals surface area contributed by atoms with E-state index in [-0.39, 0.29) is 17.2 Å². The molecule has 0 aliphatic rings. The molecule has 0 bridgehead atoms. The number of nitrogens with zero attached hydrogens (tertiary/aromatic N) is 6. The molecular formula is C26H21N7O2S. The summed E-state index contributed by atoms with van der Waals surface area (Å²) in [5.74, 6) is 0.642. The normalized spacial score (nSPS) is 10.9. The second-order valence-corrected chi connectivity index (χ2v) is 8.67. The van der Waals surface area contributed by atoms with E-state index in [1.165, 1.54) is 16.4 Å². The van der Waals surface area contributed by atoms with Gasteiger partial charge in [-0.1, -0.05) is 60.3 Å². The third-order valence-corrected chi connectivity index (χ3v) is 6.31. The lowest BCUT2D eigenvalue weighted by atomic mass is 10.2. The van der Waals surface area contributed by atoms with Crippen molar-refractivity contribution in [2.75, 3.05) is 11.2 Å². The predicted molar refractivity (Wildman–Crippen MR) is 140 cm³/mol. The first-order chi connectivity index (χ1) is 17.7. The highest BCUT2D eigenvalue weighted by atomic mass is 32.2. The molecule has 10 heteroatoms. The molecule has 178 valence electrons. The van der Waals surface area contributed by atoms with Crippen molar-refractivity contribution in [1.29, 1.82) is 0 Å². The van der Waals surface area contributed by atoms with Crippen LogP contribution >= 0.6 is 11.8 Å². The molecule has 3 heterocycles. The molecule has 2 aromatic carbocycles. The van der Waals surface area contributed by atoms with Crippen molar-refractivity contribution in [2.24, 2.45) is 0 Å². The van der Waals surface area contributed by atoms with Crippen molar-refractivity contribution in [2.45, 2.75) is 11.7 Å². The van der Waals surface area contributed by atoms with Gasteiger partial charge in [0.15, 0.2) is 16.8 Å². The van der Waals surface area contributed by atoms with Gasteiger partial charge in [-0.15, -0.1) is 16.8 Å². The Hall–Kier alpha value is -4.57. The zero-order valence-corrected chi connectivity index (χ0v) is 19.9. The Morgan fingerprint density at radius 3 is 2.44 bits per heavy atom. The highest BCUT2D eigenvalue weighted by Crippen LogP contribution is 2.24. The van der Waals surface area contributed by atoms with Crippen LogP contribution in [0.2, 0.25) is 0 Å². The van der Waals surface area contributed by atoms with Crippen LogP contribution < -0.4 is 11.0 Å². The van der Waals surface area contributed by atoms with E-state index in [1.807, 2.05) is 53.1 Å². The molecule has 5 rings (SSSR count). The molecule has 0 radical (unpaired) electrons. The molecule has 5 aromatic rings. The second kappa shape index (κ2) is 10.4. The average molecular weight is 496 g/mol. The summed E-state index contributed by atoms with van der Waals surface area (Å²) in [5, 5.41) is 9.52. The molecule has 9 nitrogen and oxygen atoms in total. The van der Waals surface area contributed by atoms with Gasteiger partial charge < -0.3 is 0 Å². The van der Waals surface area contributed by atoms with Crippen LogP contribution in [-0.2, 0) is 11.3 Å². The lowest BCUT2D eigenvalue weighted by molar-refractivity contribution is -0.114. The SMILES string of the molecule is C=CCn1c(SCC(=O)Nn2c(-c3ccccc3)nc3ccccc3c2=O)nnc1-c1ccncc1. The predicted octanol–water partition coefficient (Wildman–Crippen LogP) is 3.77. The van der Waals surface area contributed by atoms with Gasteiger partial charge in [0.2, 0.25) is 5.91 Å². The number of nitrogens with one attached hydrogen (secondary N) is 1. The van der Waals surface area contributed by atoms with Crippen LogP contribution in [-0.4, -0.2) is 41.1 Å². The number of thioether (sulfide) groups is 1. The summed E-state index contributed by atoms with van der Waals surface area (Å²) < 4.78 is 3.08. The molecule has 3 aromatic heterocycles. The van der Waals surface area contributed by atoms with Crippen molar-refractivity contribution in [3.63, 3.8) is 0 Å². The van der Waals surface area contributed by atoms with E-state index in [9.17, 15) is 9.59 Å². The molecule has 0 fully saturated rings. The van der Waals surface area contributed by atoms with Gasteiger partial charge in [-0.25, -0.2) is 4.98 Å². The van der Waals surface area contributed by atoms with Crippen LogP contribution in [0.3, 0.4) is 0 Å². The van der Waals surface area contributed by atoms with E-state index in [0.717, 1.165) is 5.56 Å². The van der Waals surface area contributed by atoms with E-state index in [1.54, 1.807) is 36.7 Å². The van der Waals surface area contributed by atoms with Crippen molar-refractivity contribution in [1.82, 2.24) is 29.4 Å². The molecule has 0 saturated heterocycles. The first-order valence-electron chi connectivity index (χ1n) is 11.1. The van der Waals surface area contributed by atoms with Gasteiger partial charge in [0.25, 0.3) is 5.56 Å². The summed E-state index contributed by atoms with van der Waals surface area (Å²) in [6.07, 6.45) is 5.11. The van der Waals surface area contributed by atoms with E-state index >= 15 is 0 Å². The van der Waals surface area contributed by atoms with Gasteiger partial charge in [0, 0.05) is 30.1 Å². The summed E-state index contributed by atoms with van der Waals surface area (Å²) in [5.41, 5.74) is 4.50. The number of hydrogen-bond acceptors (Lipinski definition) is 7. The Bertz CT molecular complexity index is 1600. The summed E-state index contributed by atoms with van der Waals surface area (Å²) in [4.78, 5) is 35.0. The van der Waals surface area contributed by atoms with Crippen molar-refractivity contribution in [3.8, 4) is 22.8 Å². The van der Waals surface area contributed by atoms with Crippen LogP contribution in [0, 0.1) is 0 Å². The van der Waals surface area contributed by atoms with Crippen LogP contribution in [0.5, 0.6) is 0 Å². The molecule has 0 atom stereocenters. The Morgan fingerprint density at radius 1 is 0.944 bits per heavy atom. The maximum atomic E-state index is 13.3. The first kappa shape index (κ1) is 23.2. The lowest BCUT2D eigenvalue weighted by Gasteiger charge is -2.14. The van der Waals surface area contributed by atoms with Gasteiger partial charge in [-0.05, 0) is 24.3 Å². The number of fused-ring (bicyclic) bond motifs is 1. The minimum Gasteiger partial charge on any atom is -0.298 e. The van der Waals surface area contributed by atoms with E-state index in [0.29, 0.717) is 39.8 Å². The maximum Gasteiger partial charge on any atom is 0.280 e. The van der Waals surface area contributed by atoms with Gasteiger partial charge >= 0.3 is 0 Å². The number of aromatic nitrogens is 6. The molecule has 0 unspecified atom stereocenters. The van der Waals surface area contributed by atoms with Gasteiger partial charge in [0.1, 0.15) is 0 Å². The summed E-state index contributed by atoms with van der Waals surface area (Å²) in [6.45, 7) is 4.29. The number of hydrogen-bond donors (Lipinski definition) is 1. The average Bonchev–Trinajstić information content (AvgIpc) is 3.32. The number of amides is 1. The van der Waals surface area contributed by atoms with Crippen molar-refractivity contribution >= 4 is 28.6 Å². The molecule has 0 aliphatic heterocycles. The van der Waals surface area contributed by atoms with Gasteiger partial charge in [-0.3, -0.25) is 24.6 Å². The Morgan fingerprint density at radius 2 is 1.67 bits per heavy atom. The third kappa shape index (κ3) is 4.66. The molecule has 0 aliphatic carbocycles. The first-order valence-corrected chi connectivity index (χ1v) is 12.1. The standard InChI is InChI=1S/C26H21N7O2S/c1-2-16-32-24(19-12-14-27-15-13-19)29-30-26(32)36-17-22(34)31-33-23(18-8-4-3-5-9-18)28-21-11-7-6-10-20(21)25(33)35/h2-15H,1,16-17H2,(H,31,34). The number of pyridine rings is 1. The molecule has 1 N–H and O–H groups in total. The fourth-order valence-corrected chi connectivity index (χ4v) is 4.45. The van der Waals surface area contributed by atoms with Crippen molar-refractivity contribution in [3.05, 3.63) is 102 Å². The third-order valence-electron chi connectivity index (χ3n) is 5.34. The minimum atomic E-state index is -0.380. The zero-order valence-electron chi connectivity index (χ0n) is 19.1. The van der Waals surface area contributed by atoms with E-state index < -0.39 is 0 Å². The Labute approximate surface area is 210 Å². The number of allylic oxidation sites excluding steroid dienone is 1. The number of benzene rings is 2. The summed E-state index contributed by atoms with van der Waals surface area (Å²) in [7, 11) is 0. The van der Waals surface area contributed by atoms with E-state index in [4.69, 9.17) is 0 Å². The van der Waals surface area contributed by atoms with Crippen LogP contribution in [0.1, 0.15) is 0 Å². The quantitative estimate of drug-likeness (QED) is 0.258. The summed E-state index contributed by atoms with van der Waals surface area (Å²) in [6, 6.07) is 20.0. The van der Waals surface area contributed by atoms with Gasteiger partial charge in [-0.2, -0.15) is 4.68 Å². The lowest BCUT2D eigenvalue weighted by Crippen LogP contribution is -2.36. The Balaban J connectivity index is 1.42. The fraction of sp³-hybridized carbons (Fsp3) is 0.0769. The number of carbonyl (C=O) groups is 1. The number of carbonyl (C=O) groups excluding carboxylic acids is 1. The smallest absolute Gasteiger partial charge is 0.280 e. The molecule has 1 amide bonds. The number of rotatable bonds is 8. The largest absolute Gasteiger partial charge is 0.298 e. The monoisotopic (exact) mass is 495 g/mol. The van der Waals surface area contributed by atoms with Crippen LogP contribution in [0.25, 0.3) is 33.7 Å². The summed E-state index contributed by atoms with van der Waals surface area (Å²) >= 11 is 1.22. The number of para-hydroxylation sites is 1. The van der Waals surface area contributed by atoms with Crippen molar-refractivity contribution < 1.29 is 4.79 Å². The minimum absolute atomic E-state index is 0.0130. The molecular weight excluding hydrogens is 474 g/mol.